The molecule has 0 bridgehead atoms. The van der Waals surface area contributed by atoms with Gasteiger partial charge in [0, 0.05) is 0 Å². The van der Waals surface area contributed by atoms with Crippen molar-refractivity contribution in [3.8, 4) is 0 Å². The quantitative estimate of drug-likeness (QED) is 0.696. The lowest BCUT2D eigenvalue weighted by molar-refractivity contribution is 1.16. The Morgan fingerprint density at radius 3 is 2.92 bits per heavy atom. The molecular formula is C10H8BrClS. The van der Waals surface area contributed by atoms with E-state index in [9.17, 15) is 0 Å². The molecule has 0 saturated carbocycles. The lowest BCUT2D eigenvalue weighted by Crippen LogP contribution is -1.79. The van der Waals surface area contributed by atoms with E-state index < -0.39 is 0 Å². The molecule has 2 rings (SSSR count). The monoisotopic (exact) mass is 274 g/mol. The molecule has 0 aliphatic carbocycles. The molecule has 0 aliphatic rings. The third-order valence-electron chi connectivity index (χ3n) is 2.08. The van der Waals surface area contributed by atoms with Gasteiger partial charge in [0.2, 0.25) is 0 Å². The Kier molecular flexibility index (Phi) is 2.63. The molecule has 1 aromatic heterocycles. The van der Waals surface area contributed by atoms with E-state index in [0.717, 1.165) is 15.2 Å². The average molecular weight is 276 g/mol. The summed E-state index contributed by atoms with van der Waals surface area (Å²) < 4.78 is 2.33. The first kappa shape index (κ1) is 9.50. The fourth-order valence-corrected chi connectivity index (χ4v) is 3.26. The summed E-state index contributed by atoms with van der Waals surface area (Å²) in [6.45, 7) is 2.16. The number of aryl methyl sites for hydroxylation is 1. The summed E-state index contributed by atoms with van der Waals surface area (Å²) in [5, 5.41) is 2.13. The van der Waals surface area contributed by atoms with Gasteiger partial charge in [-0.15, -0.1) is 11.3 Å². The maximum absolute atomic E-state index is 6.09. The number of thiophene rings is 1. The average Bonchev–Trinajstić information content (AvgIpc) is 2.48. The van der Waals surface area contributed by atoms with Crippen molar-refractivity contribution in [3.05, 3.63) is 32.6 Å². The highest BCUT2D eigenvalue weighted by Crippen LogP contribution is 2.36. The number of fused-ring (bicyclic) bond motifs is 1. The maximum Gasteiger partial charge on any atom is 0.0711 e. The zero-order chi connectivity index (χ0) is 9.42. The van der Waals surface area contributed by atoms with Crippen LogP contribution in [0.3, 0.4) is 0 Å². The first-order valence-electron chi connectivity index (χ1n) is 4.08. The molecule has 0 radical (unpaired) electrons. The zero-order valence-corrected chi connectivity index (χ0v) is 10.3. The summed E-state index contributed by atoms with van der Waals surface area (Å²) in [6.07, 6.45) is 1.05. The van der Waals surface area contributed by atoms with Crippen molar-refractivity contribution in [2.24, 2.45) is 0 Å². The SMILES string of the molecule is CCc1ccc(Cl)c2sc(Br)cc12. The Balaban J connectivity index is 2.83. The predicted octanol–water partition coefficient (Wildman–Crippen LogP) is 4.88. The fraction of sp³-hybridized carbons (Fsp3) is 0.200. The van der Waals surface area contributed by atoms with Gasteiger partial charge in [0.1, 0.15) is 0 Å². The van der Waals surface area contributed by atoms with Crippen molar-refractivity contribution in [1.82, 2.24) is 0 Å². The molecule has 0 nitrogen and oxygen atoms in total. The van der Waals surface area contributed by atoms with Crippen molar-refractivity contribution in [3.63, 3.8) is 0 Å². The summed E-state index contributed by atoms with van der Waals surface area (Å²) in [6, 6.07) is 6.22. The van der Waals surface area contributed by atoms with Crippen molar-refractivity contribution >= 4 is 49.0 Å². The molecule has 0 saturated heterocycles. The molecule has 0 spiro atoms. The van der Waals surface area contributed by atoms with E-state index in [2.05, 4.69) is 35.0 Å². The standard InChI is InChI=1S/C10H8BrClS/c1-2-6-3-4-8(12)10-7(6)5-9(11)13-10/h3-5H,2H2,1H3. The van der Waals surface area contributed by atoms with Crippen LogP contribution in [0, 0.1) is 0 Å². The fourth-order valence-electron chi connectivity index (χ4n) is 1.42. The van der Waals surface area contributed by atoms with E-state index in [-0.39, 0.29) is 0 Å². The highest BCUT2D eigenvalue weighted by molar-refractivity contribution is 9.11. The number of rotatable bonds is 1. The molecule has 68 valence electrons. The largest absolute Gasteiger partial charge is 0.127 e. The van der Waals surface area contributed by atoms with Gasteiger partial charge in [-0.2, -0.15) is 0 Å². The second-order valence-electron chi connectivity index (χ2n) is 2.85. The molecule has 0 amide bonds. The lowest BCUT2D eigenvalue weighted by Gasteiger charge is -1.99. The molecule has 1 heterocycles. The summed E-state index contributed by atoms with van der Waals surface area (Å²) in [5.74, 6) is 0. The Bertz CT molecular complexity index is 447. The van der Waals surface area contributed by atoms with Crippen LogP contribution in [0.4, 0.5) is 0 Å². The summed E-state index contributed by atoms with van der Waals surface area (Å²) in [5.41, 5.74) is 1.36. The summed E-state index contributed by atoms with van der Waals surface area (Å²) in [7, 11) is 0. The Morgan fingerprint density at radius 1 is 1.46 bits per heavy atom. The van der Waals surface area contributed by atoms with Gasteiger partial charge in [-0.3, -0.25) is 0 Å². The van der Waals surface area contributed by atoms with Crippen LogP contribution in [-0.2, 0) is 6.42 Å². The van der Waals surface area contributed by atoms with E-state index in [1.807, 2.05) is 6.07 Å². The van der Waals surface area contributed by atoms with Crippen LogP contribution in [0.1, 0.15) is 12.5 Å². The molecule has 2 aromatic rings. The highest BCUT2D eigenvalue weighted by atomic mass is 79.9. The summed E-state index contributed by atoms with van der Waals surface area (Å²) in [4.78, 5) is 0. The minimum absolute atomic E-state index is 0.850. The van der Waals surface area contributed by atoms with Gasteiger partial charge in [0.25, 0.3) is 0 Å². The predicted molar refractivity (Wildman–Crippen MR) is 63.9 cm³/mol. The molecule has 13 heavy (non-hydrogen) atoms. The third-order valence-corrected chi connectivity index (χ3v) is 4.17. The number of benzene rings is 1. The van der Waals surface area contributed by atoms with Crippen molar-refractivity contribution in [2.45, 2.75) is 13.3 Å². The molecule has 0 fully saturated rings. The van der Waals surface area contributed by atoms with Crippen LogP contribution >= 0.6 is 38.9 Å². The number of hydrogen-bond acceptors (Lipinski definition) is 1. The second kappa shape index (κ2) is 3.60. The van der Waals surface area contributed by atoms with Gasteiger partial charge in [-0.1, -0.05) is 24.6 Å². The van der Waals surface area contributed by atoms with Gasteiger partial charge in [-0.25, -0.2) is 0 Å². The van der Waals surface area contributed by atoms with Crippen LogP contribution in [0.5, 0.6) is 0 Å². The first-order valence-corrected chi connectivity index (χ1v) is 6.07. The lowest BCUT2D eigenvalue weighted by atomic mass is 10.1. The van der Waals surface area contributed by atoms with Gasteiger partial charge in [0.05, 0.1) is 13.5 Å². The molecule has 1 aromatic carbocycles. The number of hydrogen-bond donors (Lipinski definition) is 0. The smallest absolute Gasteiger partial charge is 0.0711 e. The van der Waals surface area contributed by atoms with Gasteiger partial charge < -0.3 is 0 Å². The van der Waals surface area contributed by atoms with Crippen molar-refractivity contribution < 1.29 is 0 Å². The van der Waals surface area contributed by atoms with Crippen molar-refractivity contribution in [2.75, 3.05) is 0 Å². The minimum Gasteiger partial charge on any atom is -0.127 e. The van der Waals surface area contributed by atoms with Crippen LogP contribution in [-0.4, -0.2) is 0 Å². The van der Waals surface area contributed by atoms with Crippen molar-refractivity contribution in [1.29, 1.82) is 0 Å². The topological polar surface area (TPSA) is 0 Å². The van der Waals surface area contributed by atoms with E-state index in [1.54, 1.807) is 11.3 Å². The first-order chi connectivity index (χ1) is 6.22. The van der Waals surface area contributed by atoms with Crippen LogP contribution in [0.15, 0.2) is 22.0 Å². The van der Waals surface area contributed by atoms with E-state index in [4.69, 9.17) is 11.6 Å². The summed E-state index contributed by atoms with van der Waals surface area (Å²) >= 11 is 11.3. The van der Waals surface area contributed by atoms with Crippen LogP contribution < -0.4 is 0 Å². The van der Waals surface area contributed by atoms with E-state index >= 15 is 0 Å². The Labute approximate surface area is 94.7 Å². The molecular weight excluding hydrogens is 268 g/mol. The minimum atomic E-state index is 0.850. The van der Waals surface area contributed by atoms with Crippen LogP contribution in [0.25, 0.3) is 10.1 Å². The zero-order valence-electron chi connectivity index (χ0n) is 7.10. The van der Waals surface area contributed by atoms with E-state index in [0.29, 0.717) is 0 Å². The molecule has 0 atom stereocenters. The molecule has 0 unspecified atom stereocenters. The molecule has 0 aliphatic heterocycles. The van der Waals surface area contributed by atoms with Gasteiger partial charge in [-0.05, 0) is 45.4 Å². The maximum atomic E-state index is 6.09. The Hall–Kier alpha value is -0.0500. The van der Waals surface area contributed by atoms with Crippen LogP contribution in [0.2, 0.25) is 5.02 Å². The normalized spacial score (nSPS) is 11.0. The second-order valence-corrected chi connectivity index (χ2v) is 5.69. The Morgan fingerprint density at radius 2 is 2.23 bits per heavy atom. The third kappa shape index (κ3) is 1.63. The molecule has 0 N–H and O–H groups in total. The highest BCUT2D eigenvalue weighted by Gasteiger charge is 2.06. The van der Waals surface area contributed by atoms with Gasteiger partial charge in [0.15, 0.2) is 0 Å². The van der Waals surface area contributed by atoms with Gasteiger partial charge >= 0.3 is 0 Å². The van der Waals surface area contributed by atoms with E-state index in [1.165, 1.54) is 15.6 Å². The number of halogens is 2. The molecule has 3 heteroatoms.